The van der Waals surface area contributed by atoms with Crippen LogP contribution >= 0.6 is 0 Å². The summed E-state index contributed by atoms with van der Waals surface area (Å²) in [5.41, 5.74) is 0. The zero-order valence-corrected chi connectivity index (χ0v) is 7.75. The van der Waals surface area contributed by atoms with E-state index in [0.717, 1.165) is 19.4 Å². The minimum absolute atomic E-state index is 0.632. The molecule has 2 rings (SSSR count). The molecule has 12 heavy (non-hydrogen) atoms. The van der Waals surface area contributed by atoms with Crippen molar-refractivity contribution in [3.8, 4) is 0 Å². The molecule has 2 fully saturated rings. The first kappa shape index (κ1) is 8.48. The number of hydrogen-bond donors (Lipinski definition) is 1. The fourth-order valence-corrected chi connectivity index (χ4v) is 2.16. The Morgan fingerprint density at radius 3 is 2.67 bits per heavy atom. The van der Waals surface area contributed by atoms with E-state index in [9.17, 15) is 0 Å². The van der Waals surface area contributed by atoms with Gasteiger partial charge in [-0.05, 0) is 32.9 Å². The Balaban J connectivity index is 1.89. The van der Waals surface area contributed by atoms with Gasteiger partial charge < -0.3 is 10.1 Å². The number of ether oxygens (including phenoxy) is 1. The highest BCUT2D eigenvalue weighted by Gasteiger charge is 2.28. The molecule has 0 spiro atoms. The van der Waals surface area contributed by atoms with Gasteiger partial charge in [0.15, 0.2) is 0 Å². The van der Waals surface area contributed by atoms with Crippen LogP contribution in [0.1, 0.15) is 19.8 Å². The summed E-state index contributed by atoms with van der Waals surface area (Å²) in [6, 6.07) is 1.40. The summed E-state index contributed by atoms with van der Waals surface area (Å²) in [4.78, 5) is 2.50. The summed E-state index contributed by atoms with van der Waals surface area (Å²) in [7, 11) is 0. The van der Waals surface area contributed by atoms with E-state index in [1.54, 1.807) is 0 Å². The molecule has 1 atom stereocenters. The summed E-state index contributed by atoms with van der Waals surface area (Å²) in [5, 5.41) is 3.39. The highest BCUT2D eigenvalue weighted by molar-refractivity contribution is 4.82. The van der Waals surface area contributed by atoms with Crippen molar-refractivity contribution in [1.29, 1.82) is 0 Å². The summed E-state index contributed by atoms with van der Waals surface area (Å²) < 4.78 is 5.43. The van der Waals surface area contributed by atoms with Gasteiger partial charge in [0.25, 0.3) is 0 Å². The molecule has 0 aromatic rings. The van der Waals surface area contributed by atoms with E-state index in [2.05, 4.69) is 17.1 Å². The lowest BCUT2D eigenvalue weighted by molar-refractivity contribution is 0.0933. The second kappa shape index (κ2) is 3.73. The molecular formula is C9H18N2O. The van der Waals surface area contributed by atoms with E-state index < -0.39 is 0 Å². The Kier molecular flexibility index (Phi) is 2.63. The van der Waals surface area contributed by atoms with Crippen LogP contribution in [0.25, 0.3) is 0 Å². The van der Waals surface area contributed by atoms with Crippen molar-refractivity contribution in [3.63, 3.8) is 0 Å². The minimum Gasteiger partial charge on any atom is -0.364 e. The second-order valence-corrected chi connectivity index (χ2v) is 3.84. The number of piperidine rings is 1. The van der Waals surface area contributed by atoms with Gasteiger partial charge in [0.05, 0.1) is 13.3 Å². The predicted molar refractivity (Wildman–Crippen MR) is 48.0 cm³/mol. The van der Waals surface area contributed by atoms with Crippen molar-refractivity contribution in [2.75, 3.05) is 26.4 Å². The van der Waals surface area contributed by atoms with Gasteiger partial charge in [-0.1, -0.05) is 0 Å². The Labute approximate surface area is 74.1 Å². The van der Waals surface area contributed by atoms with Crippen LogP contribution in [0.5, 0.6) is 0 Å². The molecule has 3 heteroatoms. The number of nitrogens with one attached hydrogen (secondary N) is 1. The summed E-state index contributed by atoms with van der Waals surface area (Å²) in [6.07, 6.45) is 2.57. The lowest BCUT2D eigenvalue weighted by Crippen LogP contribution is -2.44. The molecule has 2 heterocycles. The normalized spacial score (nSPS) is 34.2. The topological polar surface area (TPSA) is 24.5 Å². The first-order valence-corrected chi connectivity index (χ1v) is 4.92. The highest BCUT2D eigenvalue weighted by atomic mass is 16.5. The van der Waals surface area contributed by atoms with Crippen LogP contribution in [-0.2, 0) is 4.74 Å². The predicted octanol–water partition coefficient (Wildman–Crippen LogP) is 0.417. The Morgan fingerprint density at radius 1 is 1.33 bits per heavy atom. The molecule has 0 unspecified atom stereocenters. The van der Waals surface area contributed by atoms with Crippen molar-refractivity contribution in [1.82, 2.24) is 10.2 Å². The average Bonchev–Trinajstić information content (AvgIpc) is 2.53. The summed E-state index contributed by atoms with van der Waals surface area (Å²) >= 11 is 0. The van der Waals surface area contributed by atoms with Crippen LogP contribution in [0.3, 0.4) is 0 Å². The zero-order chi connectivity index (χ0) is 8.39. The van der Waals surface area contributed by atoms with Crippen molar-refractivity contribution < 1.29 is 4.74 Å². The van der Waals surface area contributed by atoms with Gasteiger partial charge in [0.2, 0.25) is 0 Å². The molecule has 0 radical (unpaired) electrons. The van der Waals surface area contributed by atoms with Crippen LogP contribution in [0.2, 0.25) is 0 Å². The SMILES string of the molecule is C[C@@H]1COCN1C1CCNCC1. The number of hydrogen-bond acceptors (Lipinski definition) is 3. The van der Waals surface area contributed by atoms with Gasteiger partial charge in [-0.3, -0.25) is 4.90 Å². The average molecular weight is 170 g/mol. The lowest BCUT2D eigenvalue weighted by Gasteiger charge is -2.32. The zero-order valence-electron chi connectivity index (χ0n) is 7.75. The largest absolute Gasteiger partial charge is 0.364 e. The van der Waals surface area contributed by atoms with Crippen molar-refractivity contribution in [3.05, 3.63) is 0 Å². The van der Waals surface area contributed by atoms with Crippen LogP contribution in [0.15, 0.2) is 0 Å². The quantitative estimate of drug-likeness (QED) is 0.617. The number of nitrogens with zero attached hydrogens (tertiary/aromatic N) is 1. The molecule has 3 nitrogen and oxygen atoms in total. The summed E-state index contributed by atoms with van der Waals surface area (Å²) in [5.74, 6) is 0. The maximum atomic E-state index is 5.43. The van der Waals surface area contributed by atoms with Crippen molar-refractivity contribution in [2.24, 2.45) is 0 Å². The van der Waals surface area contributed by atoms with Gasteiger partial charge >= 0.3 is 0 Å². The van der Waals surface area contributed by atoms with E-state index in [1.165, 1.54) is 25.9 Å². The fraction of sp³-hybridized carbons (Fsp3) is 1.00. The first-order valence-electron chi connectivity index (χ1n) is 4.92. The van der Waals surface area contributed by atoms with Crippen molar-refractivity contribution >= 4 is 0 Å². The van der Waals surface area contributed by atoms with Gasteiger partial charge in [0.1, 0.15) is 0 Å². The van der Waals surface area contributed by atoms with E-state index in [-0.39, 0.29) is 0 Å². The molecule has 0 saturated carbocycles. The van der Waals surface area contributed by atoms with Crippen molar-refractivity contribution in [2.45, 2.75) is 31.8 Å². The van der Waals surface area contributed by atoms with Crippen LogP contribution < -0.4 is 5.32 Å². The molecule has 0 aromatic carbocycles. The van der Waals surface area contributed by atoms with E-state index in [4.69, 9.17) is 4.74 Å². The molecule has 2 aliphatic rings. The molecule has 2 saturated heterocycles. The van der Waals surface area contributed by atoms with Crippen LogP contribution in [0.4, 0.5) is 0 Å². The Hall–Kier alpha value is -0.120. The molecule has 2 aliphatic heterocycles. The van der Waals surface area contributed by atoms with Gasteiger partial charge in [-0.15, -0.1) is 0 Å². The third-order valence-corrected chi connectivity index (χ3v) is 2.94. The Morgan fingerprint density at radius 2 is 2.08 bits per heavy atom. The summed E-state index contributed by atoms with van der Waals surface area (Å²) in [6.45, 7) is 6.38. The molecular weight excluding hydrogens is 152 g/mol. The Bertz CT molecular complexity index is 145. The van der Waals surface area contributed by atoms with E-state index in [1.807, 2.05) is 0 Å². The molecule has 70 valence electrons. The van der Waals surface area contributed by atoms with E-state index >= 15 is 0 Å². The standard InChI is InChI=1S/C9H18N2O/c1-8-6-12-7-11(8)9-2-4-10-5-3-9/h8-10H,2-7H2,1H3/t8-/m1/s1. The van der Waals surface area contributed by atoms with Crippen LogP contribution in [-0.4, -0.2) is 43.4 Å². The monoisotopic (exact) mass is 170 g/mol. The first-order chi connectivity index (χ1) is 5.88. The fourth-order valence-electron chi connectivity index (χ4n) is 2.16. The highest BCUT2D eigenvalue weighted by Crippen LogP contribution is 2.18. The third kappa shape index (κ3) is 1.63. The minimum atomic E-state index is 0.632. The molecule has 0 aromatic heterocycles. The van der Waals surface area contributed by atoms with Gasteiger partial charge in [-0.2, -0.15) is 0 Å². The van der Waals surface area contributed by atoms with E-state index in [0.29, 0.717) is 6.04 Å². The molecule has 0 bridgehead atoms. The molecule has 0 amide bonds. The maximum absolute atomic E-state index is 5.43. The molecule has 0 aliphatic carbocycles. The second-order valence-electron chi connectivity index (χ2n) is 3.84. The maximum Gasteiger partial charge on any atom is 0.0996 e. The van der Waals surface area contributed by atoms with Gasteiger partial charge in [0, 0.05) is 12.1 Å². The number of rotatable bonds is 1. The van der Waals surface area contributed by atoms with Gasteiger partial charge in [-0.25, -0.2) is 0 Å². The lowest BCUT2D eigenvalue weighted by atomic mass is 10.0. The smallest absolute Gasteiger partial charge is 0.0996 e. The third-order valence-electron chi connectivity index (χ3n) is 2.94. The molecule has 1 N–H and O–H groups in total. The van der Waals surface area contributed by atoms with Crippen LogP contribution in [0, 0.1) is 0 Å².